The number of fused-ring (bicyclic) bond motifs is 2. The predicted octanol–water partition coefficient (Wildman–Crippen LogP) is 3.90. The normalized spacial score (nSPS) is 13.9. The van der Waals surface area contributed by atoms with Crippen LogP contribution in [-0.4, -0.2) is 32.7 Å². The van der Waals surface area contributed by atoms with Crippen LogP contribution in [0.3, 0.4) is 0 Å². The van der Waals surface area contributed by atoms with Crippen LogP contribution in [0, 0.1) is 0 Å². The number of imidazole rings is 1. The highest BCUT2D eigenvalue weighted by molar-refractivity contribution is 7.99. The molecule has 4 nitrogen and oxygen atoms in total. The number of amides is 1. The predicted molar refractivity (Wildman–Crippen MR) is 102 cm³/mol. The van der Waals surface area contributed by atoms with Crippen LogP contribution in [0.15, 0.2) is 47.6 Å². The zero-order chi connectivity index (χ0) is 17.4. The largest absolute Gasteiger partial charge is 0.337 e. The summed E-state index contributed by atoms with van der Waals surface area (Å²) in [5.74, 6) is 0.553. The fourth-order valence-corrected chi connectivity index (χ4v) is 4.26. The zero-order valence-corrected chi connectivity index (χ0v) is 15.5. The molecular formula is C19H18ClN3OS. The lowest BCUT2D eigenvalue weighted by Crippen LogP contribution is -2.37. The molecule has 0 bridgehead atoms. The van der Waals surface area contributed by atoms with Crippen molar-refractivity contribution in [2.45, 2.75) is 18.1 Å². The minimum absolute atomic E-state index is 0.157. The second kappa shape index (κ2) is 6.73. The minimum atomic E-state index is 0.157. The highest BCUT2D eigenvalue weighted by Gasteiger charge is 2.21. The van der Waals surface area contributed by atoms with Gasteiger partial charge < -0.3 is 9.47 Å². The molecule has 0 aliphatic carbocycles. The SMILES string of the molecule is Cn1c(SCC(=O)N2CCc3ccccc3C2)nc2cc(Cl)ccc21. The Morgan fingerprint density at radius 1 is 1.24 bits per heavy atom. The Morgan fingerprint density at radius 2 is 2.04 bits per heavy atom. The number of halogens is 1. The summed E-state index contributed by atoms with van der Waals surface area (Å²) in [6, 6.07) is 14.0. The quantitative estimate of drug-likeness (QED) is 0.655. The lowest BCUT2D eigenvalue weighted by molar-refractivity contribution is -0.129. The third-order valence-electron chi connectivity index (χ3n) is 4.61. The zero-order valence-electron chi connectivity index (χ0n) is 13.9. The molecule has 0 fully saturated rings. The number of aryl methyl sites for hydroxylation is 1. The van der Waals surface area contributed by atoms with E-state index < -0.39 is 0 Å². The molecule has 0 N–H and O–H groups in total. The van der Waals surface area contributed by atoms with E-state index in [1.807, 2.05) is 40.8 Å². The summed E-state index contributed by atoms with van der Waals surface area (Å²) in [6.07, 6.45) is 0.928. The molecule has 1 aromatic heterocycles. The van der Waals surface area contributed by atoms with Crippen LogP contribution in [0.2, 0.25) is 5.02 Å². The van der Waals surface area contributed by atoms with E-state index in [0.29, 0.717) is 17.3 Å². The molecule has 6 heteroatoms. The molecule has 4 rings (SSSR count). The second-order valence-electron chi connectivity index (χ2n) is 6.21. The average molecular weight is 372 g/mol. The van der Waals surface area contributed by atoms with Gasteiger partial charge in [-0.3, -0.25) is 4.79 Å². The molecule has 0 radical (unpaired) electrons. The summed E-state index contributed by atoms with van der Waals surface area (Å²) in [4.78, 5) is 19.1. The van der Waals surface area contributed by atoms with Gasteiger partial charge in [-0.15, -0.1) is 0 Å². The maximum absolute atomic E-state index is 12.6. The van der Waals surface area contributed by atoms with E-state index in [-0.39, 0.29) is 5.91 Å². The van der Waals surface area contributed by atoms with Gasteiger partial charge in [-0.2, -0.15) is 0 Å². The Labute approximate surface area is 155 Å². The topological polar surface area (TPSA) is 38.1 Å². The van der Waals surface area contributed by atoms with Gasteiger partial charge >= 0.3 is 0 Å². The summed E-state index contributed by atoms with van der Waals surface area (Å²) >= 11 is 7.51. The average Bonchev–Trinajstić information content (AvgIpc) is 2.94. The van der Waals surface area contributed by atoms with Crippen molar-refractivity contribution in [2.24, 2.45) is 7.05 Å². The van der Waals surface area contributed by atoms with Gasteiger partial charge in [-0.1, -0.05) is 47.6 Å². The smallest absolute Gasteiger partial charge is 0.233 e. The number of rotatable bonds is 3. The Kier molecular flexibility index (Phi) is 4.44. The molecule has 2 aromatic carbocycles. The first-order chi connectivity index (χ1) is 12.1. The standard InChI is InChI=1S/C19H18ClN3OS/c1-22-17-7-6-15(20)10-16(17)21-19(22)25-12-18(24)23-9-8-13-4-2-3-5-14(13)11-23/h2-7,10H,8-9,11-12H2,1H3. The van der Waals surface area contributed by atoms with E-state index in [9.17, 15) is 4.79 Å². The van der Waals surface area contributed by atoms with Crippen molar-refractivity contribution in [3.05, 3.63) is 58.6 Å². The maximum Gasteiger partial charge on any atom is 0.233 e. The highest BCUT2D eigenvalue weighted by atomic mass is 35.5. The van der Waals surface area contributed by atoms with Crippen molar-refractivity contribution in [3.8, 4) is 0 Å². The molecule has 3 aromatic rings. The third-order valence-corrected chi connectivity index (χ3v) is 5.86. The molecule has 0 saturated heterocycles. The van der Waals surface area contributed by atoms with Crippen molar-refractivity contribution in [3.63, 3.8) is 0 Å². The van der Waals surface area contributed by atoms with Crippen molar-refractivity contribution >= 4 is 40.3 Å². The molecule has 1 aliphatic heterocycles. The summed E-state index contributed by atoms with van der Waals surface area (Å²) in [5.41, 5.74) is 4.49. The first-order valence-electron chi connectivity index (χ1n) is 8.21. The van der Waals surface area contributed by atoms with E-state index in [1.54, 1.807) is 0 Å². The molecule has 2 heterocycles. The van der Waals surface area contributed by atoms with Crippen LogP contribution in [-0.2, 0) is 24.8 Å². The summed E-state index contributed by atoms with van der Waals surface area (Å²) in [6.45, 7) is 1.49. The van der Waals surface area contributed by atoms with E-state index in [4.69, 9.17) is 11.6 Å². The third kappa shape index (κ3) is 3.26. The fraction of sp³-hybridized carbons (Fsp3) is 0.263. The number of aromatic nitrogens is 2. The summed E-state index contributed by atoms with van der Waals surface area (Å²) < 4.78 is 2.01. The van der Waals surface area contributed by atoms with Gasteiger partial charge in [-0.25, -0.2) is 4.98 Å². The molecular weight excluding hydrogens is 354 g/mol. The molecule has 1 aliphatic rings. The van der Waals surface area contributed by atoms with Gasteiger partial charge in [-0.05, 0) is 35.7 Å². The van der Waals surface area contributed by atoms with Crippen LogP contribution in [0.1, 0.15) is 11.1 Å². The Hall–Kier alpha value is -1.98. The molecule has 1 amide bonds. The molecule has 25 heavy (non-hydrogen) atoms. The van der Waals surface area contributed by atoms with Crippen molar-refractivity contribution in [1.29, 1.82) is 0 Å². The summed E-state index contributed by atoms with van der Waals surface area (Å²) in [5, 5.41) is 1.51. The van der Waals surface area contributed by atoms with E-state index >= 15 is 0 Å². The molecule has 128 valence electrons. The van der Waals surface area contributed by atoms with Crippen LogP contribution < -0.4 is 0 Å². The van der Waals surface area contributed by atoms with Gasteiger partial charge in [0.05, 0.1) is 16.8 Å². The number of hydrogen-bond acceptors (Lipinski definition) is 3. The van der Waals surface area contributed by atoms with Crippen LogP contribution in [0.4, 0.5) is 0 Å². The Bertz CT molecular complexity index is 953. The monoisotopic (exact) mass is 371 g/mol. The lowest BCUT2D eigenvalue weighted by Gasteiger charge is -2.28. The number of thioether (sulfide) groups is 1. The second-order valence-corrected chi connectivity index (χ2v) is 7.59. The minimum Gasteiger partial charge on any atom is -0.337 e. The van der Waals surface area contributed by atoms with Gasteiger partial charge in [0.1, 0.15) is 0 Å². The molecule has 0 atom stereocenters. The molecule has 0 saturated carbocycles. The van der Waals surface area contributed by atoms with E-state index in [0.717, 1.165) is 29.2 Å². The van der Waals surface area contributed by atoms with Crippen molar-refractivity contribution in [2.75, 3.05) is 12.3 Å². The van der Waals surface area contributed by atoms with Crippen molar-refractivity contribution in [1.82, 2.24) is 14.5 Å². The van der Waals surface area contributed by atoms with Crippen LogP contribution >= 0.6 is 23.4 Å². The van der Waals surface area contributed by atoms with Gasteiger partial charge in [0, 0.05) is 25.2 Å². The number of hydrogen-bond donors (Lipinski definition) is 0. The Morgan fingerprint density at radius 3 is 2.88 bits per heavy atom. The van der Waals surface area contributed by atoms with E-state index in [1.165, 1.54) is 22.9 Å². The first kappa shape index (κ1) is 16.5. The molecule has 0 unspecified atom stereocenters. The van der Waals surface area contributed by atoms with Crippen molar-refractivity contribution < 1.29 is 4.79 Å². The summed E-state index contributed by atoms with van der Waals surface area (Å²) in [7, 11) is 1.97. The van der Waals surface area contributed by atoms with Gasteiger partial charge in [0.15, 0.2) is 5.16 Å². The lowest BCUT2D eigenvalue weighted by atomic mass is 10.00. The number of carbonyl (C=O) groups is 1. The van der Waals surface area contributed by atoms with Crippen LogP contribution in [0.5, 0.6) is 0 Å². The van der Waals surface area contributed by atoms with E-state index in [2.05, 4.69) is 23.2 Å². The Balaban J connectivity index is 1.45. The van der Waals surface area contributed by atoms with Crippen LogP contribution in [0.25, 0.3) is 11.0 Å². The van der Waals surface area contributed by atoms with Gasteiger partial charge in [0.25, 0.3) is 0 Å². The number of nitrogens with zero attached hydrogens (tertiary/aromatic N) is 3. The molecule has 0 spiro atoms. The highest BCUT2D eigenvalue weighted by Crippen LogP contribution is 2.26. The number of carbonyl (C=O) groups excluding carboxylic acids is 1. The fourth-order valence-electron chi connectivity index (χ4n) is 3.21. The van der Waals surface area contributed by atoms with Gasteiger partial charge in [0.2, 0.25) is 5.91 Å². The maximum atomic E-state index is 12.6. The number of benzene rings is 2. The first-order valence-corrected chi connectivity index (χ1v) is 9.57.